The summed E-state index contributed by atoms with van der Waals surface area (Å²) >= 11 is 0. The van der Waals surface area contributed by atoms with Crippen LogP contribution in [0.2, 0.25) is 0 Å². The van der Waals surface area contributed by atoms with E-state index in [1.165, 1.54) is 6.21 Å². The molecule has 0 aliphatic carbocycles. The van der Waals surface area contributed by atoms with Crippen LogP contribution in [0.1, 0.15) is 13.8 Å². The maximum absolute atomic E-state index is 12.2. The van der Waals surface area contributed by atoms with E-state index in [4.69, 9.17) is 0 Å². The number of allylic oxidation sites excluding steroid dienone is 1. The lowest BCUT2D eigenvalue weighted by molar-refractivity contribution is -0.0925. The first-order chi connectivity index (χ1) is 5.43. The van der Waals surface area contributed by atoms with Crippen LogP contribution >= 0.6 is 0 Å². The van der Waals surface area contributed by atoms with E-state index >= 15 is 0 Å². The van der Waals surface area contributed by atoms with Crippen LogP contribution in [-0.4, -0.2) is 18.9 Å². The molecule has 1 heterocycles. The molecule has 0 saturated carbocycles. The lowest BCUT2D eigenvalue weighted by Crippen LogP contribution is -2.16. The molecule has 0 amide bonds. The van der Waals surface area contributed by atoms with Crippen LogP contribution in [0.5, 0.6) is 0 Å². The van der Waals surface area contributed by atoms with E-state index in [1.807, 2.05) is 0 Å². The number of halogens is 3. The van der Waals surface area contributed by atoms with Gasteiger partial charge in [0.05, 0.1) is 12.1 Å². The molecule has 1 rings (SSSR count). The van der Waals surface area contributed by atoms with E-state index in [1.54, 1.807) is 13.8 Å². The van der Waals surface area contributed by atoms with Crippen LogP contribution in [0, 0.1) is 5.92 Å². The fourth-order valence-corrected chi connectivity index (χ4v) is 1.16. The number of hydrogen-bond acceptors (Lipinski definition) is 1. The van der Waals surface area contributed by atoms with Crippen molar-refractivity contribution in [2.75, 3.05) is 6.54 Å². The third kappa shape index (κ3) is 1.68. The highest BCUT2D eigenvalue weighted by Gasteiger charge is 2.37. The zero-order chi connectivity index (χ0) is 9.35. The van der Waals surface area contributed by atoms with E-state index in [0.29, 0.717) is 5.57 Å². The molecule has 0 radical (unpaired) electrons. The van der Waals surface area contributed by atoms with Gasteiger partial charge < -0.3 is 0 Å². The first-order valence-corrected chi connectivity index (χ1v) is 3.73. The molecule has 0 saturated heterocycles. The van der Waals surface area contributed by atoms with Crippen molar-refractivity contribution in [1.29, 1.82) is 0 Å². The van der Waals surface area contributed by atoms with Crippen molar-refractivity contribution in [3.05, 3.63) is 11.1 Å². The molecule has 0 aromatic rings. The Morgan fingerprint density at radius 3 is 2.33 bits per heavy atom. The van der Waals surface area contributed by atoms with Crippen molar-refractivity contribution >= 4 is 6.21 Å². The maximum atomic E-state index is 12.2. The summed E-state index contributed by atoms with van der Waals surface area (Å²) in [5.41, 5.74) is -0.167. The van der Waals surface area contributed by atoms with E-state index in [-0.39, 0.29) is 12.5 Å². The van der Waals surface area contributed by atoms with E-state index in [9.17, 15) is 13.2 Å². The van der Waals surface area contributed by atoms with Crippen LogP contribution in [0.15, 0.2) is 16.1 Å². The summed E-state index contributed by atoms with van der Waals surface area (Å²) in [5.74, 6) is -0.104. The van der Waals surface area contributed by atoms with Gasteiger partial charge in [-0.15, -0.1) is 0 Å². The van der Waals surface area contributed by atoms with Gasteiger partial charge in [0, 0.05) is 6.21 Å². The highest BCUT2D eigenvalue weighted by molar-refractivity contribution is 5.83. The number of nitrogens with zero attached hydrogens (tertiary/aromatic N) is 1. The van der Waals surface area contributed by atoms with E-state index in [0.717, 1.165) is 0 Å². The molecule has 0 bridgehead atoms. The second-order valence-corrected chi connectivity index (χ2v) is 3.06. The van der Waals surface area contributed by atoms with Gasteiger partial charge in [-0.2, -0.15) is 13.2 Å². The molecule has 12 heavy (non-hydrogen) atoms. The Morgan fingerprint density at radius 1 is 1.42 bits per heavy atom. The highest BCUT2D eigenvalue weighted by atomic mass is 19.4. The molecule has 1 nitrogen and oxygen atoms in total. The summed E-state index contributed by atoms with van der Waals surface area (Å²) < 4.78 is 36.7. The summed E-state index contributed by atoms with van der Waals surface area (Å²) in [6.45, 7) is 3.26. The number of alkyl halides is 3. The molecule has 1 aliphatic heterocycles. The first-order valence-electron chi connectivity index (χ1n) is 3.73. The van der Waals surface area contributed by atoms with Gasteiger partial charge in [-0.25, -0.2) is 0 Å². The Morgan fingerprint density at radius 2 is 2.00 bits per heavy atom. The van der Waals surface area contributed by atoms with Gasteiger partial charge in [0.1, 0.15) is 0 Å². The van der Waals surface area contributed by atoms with E-state index < -0.39 is 11.7 Å². The van der Waals surface area contributed by atoms with Gasteiger partial charge in [0.15, 0.2) is 0 Å². The number of hydrogen-bond donors (Lipinski definition) is 0. The summed E-state index contributed by atoms with van der Waals surface area (Å²) in [5, 5.41) is 0. The van der Waals surface area contributed by atoms with Gasteiger partial charge in [0.2, 0.25) is 0 Å². The number of aliphatic imine (C=N–C) groups is 1. The zero-order valence-corrected chi connectivity index (χ0v) is 6.94. The lowest BCUT2D eigenvalue weighted by atomic mass is 10.00. The normalized spacial score (nSPS) is 18.2. The molecule has 4 heteroatoms. The Balaban J connectivity index is 2.97. The molecular weight excluding hydrogens is 167 g/mol. The first kappa shape index (κ1) is 9.29. The molecule has 1 aliphatic rings. The average molecular weight is 177 g/mol. The monoisotopic (exact) mass is 177 g/mol. The van der Waals surface area contributed by atoms with Crippen LogP contribution < -0.4 is 0 Å². The fourth-order valence-electron chi connectivity index (χ4n) is 1.16. The van der Waals surface area contributed by atoms with Crippen LogP contribution in [0.4, 0.5) is 13.2 Å². The minimum absolute atomic E-state index is 0.104. The molecule has 68 valence electrons. The molecule has 0 N–H and O–H groups in total. The molecule has 0 aromatic heterocycles. The molecule has 0 spiro atoms. The maximum Gasteiger partial charge on any atom is 0.414 e. The van der Waals surface area contributed by atoms with Gasteiger partial charge in [-0.1, -0.05) is 13.8 Å². The fraction of sp³-hybridized carbons (Fsp3) is 0.625. The summed E-state index contributed by atoms with van der Waals surface area (Å²) in [4.78, 5) is 3.61. The summed E-state index contributed by atoms with van der Waals surface area (Å²) in [6.07, 6.45) is -2.89. The van der Waals surface area contributed by atoms with Crippen molar-refractivity contribution in [2.24, 2.45) is 10.9 Å². The topological polar surface area (TPSA) is 12.4 Å². The van der Waals surface area contributed by atoms with Crippen molar-refractivity contribution in [3.8, 4) is 0 Å². The third-order valence-corrected chi connectivity index (χ3v) is 1.79. The second-order valence-electron chi connectivity index (χ2n) is 3.06. The molecule has 0 aromatic carbocycles. The Labute approximate surface area is 69.0 Å². The van der Waals surface area contributed by atoms with Gasteiger partial charge in [0.25, 0.3) is 0 Å². The van der Waals surface area contributed by atoms with Crippen molar-refractivity contribution in [3.63, 3.8) is 0 Å². The minimum atomic E-state index is -4.21. The van der Waals surface area contributed by atoms with Crippen molar-refractivity contribution in [1.82, 2.24) is 0 Å². The predicted octanol–water partition coefficient (Wildman–Crippen LogP) is 2.59. The summed E-state index contributed by atoms with van der Waals surface area (Å²) in [6, 6.07) is 0. The standard InChI is InChI=1S/C8H10F3N/c1-5(2)6-3-12-4-7(6)8(9,10)11/h3,5H,4H2,1-2H3. The average Bonchev–Trinajstić information content (AvgIpc) is 2.30. The quantitative estimate of drug-likeness (QED) is 0.583. The molecule has 0 atom stereocenters. The zero-order valence-electron chi connectivity index (χ0n) is 6.94. The number of rotatable bonds is 1. The predicted molar refractivity (Wildman–Crippen MR) is 41.3 cm³/mol. The molecule has 0 fully saturated rings. The van der Waals surface area contributed by atoms with Crippen LogP contribution in [0.3, 0.4) is 0 Å². The minimum Gasteiger partial charge on any atom is -0.288 e. The van der Waals surface area contributed by atoms with Gasteiger partial charge in [-0.3, -0.25) is 4.99 Å². The van der Waals surface area contributed by atoms with Crippen molar-refractivity contribution in [2.45, 2.75) is 20.0 Å². The van der Waals surface area contributed by atoms with E-state index in [2.05, 4.69) is 4.99 Å². The SMILES string of the molecule is CC(C)C1=C(C(F)(F)F)CN=C1. The largest absolute Gasteiger partial charge is 0.414 e. The smallest absolute Gasteiger partial charge is 0.288 e. The lowest BCUT2D eigenvalue weighted by Gasteiger charge is -2.11. The Bertz CT molecular complexity index is 235. The van der Waals surface area contributed by atoms with Crippen LogP contribution in [-0.2, 0) is 0 Å². The highest BCUT2D eigenvalue weighted by Crippen LogP contribution is 2.32. The third-order valence-electron chi connectivity index (χ3n) is 1.79. The molecular formula is C8H10F3N. The van der Waals surface area contributed by atoms with Gasteiger partial charge in [-0.05, 0) is 11.5 Å². The van der Waals surface area contributed by atoms with Crippen molar-refractivity contribution < 1.29 is 13.2 Å². The second kappa shape index (κ2) is 2.92. The summed E-state index contributed by atoms with van der Waals surface area (Å²) in [7, 11) is 0. The van der Waals surface area contributed by atoms with Crippen LogP contribution in [0.25, 0.3) is 0 Å². The Kier molecular flexibility index (Phi) is 2.26. The van der Waals surface area contributed by atoms with Gasteiger partial charge >= 0.3 is 6.18 Å². The Hall–Kier alpha value is -0.800. The molecule has 0 unspecified atom stereocenters.